The second kappa shape index (κ2) is 8.49. The molecule has 3 rings (SSSR count). The molecular formula is C22H23Cl2NO2. The minimum Gasteiger partial charge on any atom is -0.489 e. The summed E-state index contributed by atoms with van der Waals surface area (Å²) in [6.45, 7) is 4.97. The van der Waals surface area contributed by atoms with Gasteiger partial charge in [-0.25, -0.2) is 0 Å². The Hall–Kier alpha value is -1.78. The summed E-state index contributed by atoms with van der Waals surface area (Å²) in [5.41, 5.74) is 1.64. The van der Waals surface area contributed by atoms with Gasteiger partial charge in [-0.3, -0.25) is 0 Å². The molecule has 0 saturated heterocycles. The van der Waals surface area contributed by atoms with Crippen LogP contribution in [-0.4, -0.2) is 17.3 Å². The van der Waals surface area contributed by atoms with Crippen molar-refractivity contribution in [1.82, 2.24) is 5.32 Å². The molecule has 3 aromatic carbocycles. The van der Waals surface area contributed by atoms with E-state index in [1.165, 1.54) is 0 Å². The first-order valence-corrected chi connectivity index (χ1v) is 9.58. The lowest BCUT2D eigenvalue weighted by atomic mass is 10.0. The molecule has 27 heavy (non-hydrogen) atoms. The van der Waals surface area contributed by atoms with Gasteiger partial charge < -0.3 is 15.2 Å². The highest BCUT2D eigenvalue weighted by Gasteiger charge is 2.17. The quantitative estimate of drug-likeness (QED) is 0.540. The highest BCUT2D eigenvalue weighted by atomic mass is 35.5. The van der Waals surface area contributed by atoms with Gasteiger partial charge >= 0.3 is 0 Å². The lowest BCUT2D eigenvalue weighted by Gasteiger charge is -2.25. The number of hydrogen-bond acceptors (Lipinski definition) is 3. The molecule has 3 nitrogen and oxygen atoms in total. The van der Waals surface area contributed by atoms with Crippen LogP contribution < -0.4 is 10.1 Å². The van der Waals surface area contributed by atoms with Crippen molar-refractivity contribution < 1.29 is 9.84 Å². The molecule has 0 bridgehead atoms. The maximum atomic E-state index is 9.54. The first-order chi connectivity index (χ1) is 12.9. The summed E-state index contributed by atoms with van der Waals surface area (Å²) in [4.78, 5) is 0. The van der Waals surface area contributed by atoms with Crippen molar-refractivity contribution in [3.05, 3.63) is 75.8 Å². The van der Waals surface area contributed by atoms with Gasteiger partial charge in [0, 0.05) is 17.6 Å². The summed E-state index contributed by atoms with van der Waals surface area (Å²) >= 11 is 12.1. The lowest BCUT2D eigenvalue weighted by molar-refractivity contribution is 0.187. The molecule has 0 radical (unpaired) electrons. The maximum absolute atomic E-state index is 9.54. The fourth-order valence-corrected chi connectivity index (χ4v) is 3.13. The van der Waals surface area contributed by atoms with Gasteiger partial charge in [-0.05, 0) is 48.4 Å². The number of ether oxygens (including phenoxy) is 1. The molecule has 142 valence electrons. The van der Waals surface area contributed by atoms with Gasteiger partial charge in [0.25, 0.3) is 0 Å². The van der Waals surface area contributed by atoms with Crippen LogP contribution >= 0.6 is 23.2 Å². The Kier molecular flexibility index (Phi) is 6.28. The molecule has 0 atom stereocenters. The van der Waals surface area contributed by atoms with E-state index in [0.717, 1.165) is 27.6 Å². The van der Waals surface area contributed by atoms with Crippen molar-refractivity contribution in [2.45, 2.75) is 32.5 Å². The number of benzene rings is 3. The standard InChI is InChI=1S/C22H23Cl2NO2/c1-22(2,14-26)25-12-18-17-6-4-3-5-16(17)8-10-21(18)27-13-15-7-9-19(23)20(24)11-15/h3-11,25-26H,12-14H2,1-2H3. The monoisotopic (exact) mass is 403 g/mol. The first-order valence-electron chi connectivity index (χ1n) is 8.83. The van der Waals surface area contributed by atoms with Gasteiger partial charge in [0.2, 0.25) is 0 Å². The molecule has 0 aliphatic carbocycles. The molecule has 0 aliphatic heterocycles. The first kappa shape index (κ1) is 20.0. The normalized spacial score (nSPS) is 11.7. The van der Waals surface area contributed by atoms with Gasteiger partial charge in [-0.1, -0.05) is 59.6 Å². The summed E-state index contributed by atoms with van der Waals surface area (Å²) in [7, 11) is 0. The summed E-state index contributed by atoms with van der Waals surface area (Å²) in [6.07, 6.45) is 0. The molecule has 2 N–H and O–H groups in total. The summed E-state index contributed by atoms with van der Waals surface area (Å²) in [5, 5.41) is 16.3. The molecule has 0 spiro atoms. The number of aliphatic hydroxyl groups excluding tert-OH is 1. The van der Waals surface area contributed by atoms with Crippen LogP contribution in [0.15, 0.2) is 54.6 Å². The van der Waals surface area contributed by atoms with E-state index in [0.29, 0.717) is 23.2 Å². The molecule has 0 heterocycles. The fraction of sp³-hybridized carbons (Fsp3) is 0.273. The summed E-state index contributed by atoms with van der Waals surface area (Å²) < 4.78 is 6.12. The Labute approximate surface area is 169 Å². The average molecular weight is 404 g/mol. The zero-order valence-electron chi connectivity index (χ0n) is 15.4. The highest BCUT2D eigenvalue weighted by molar-refractivity contribution is 6.42. The summed E-state index contributed by atoms with van der Waals surface area (Å²) in [6, 6.07) is 17.8. The van der Waals surface area contributed by atoms with Crippen LogP contribution in [0, 0.1) is 0 Å². The van der Waals surface area contributed by atoms with Gasteiger partial charge in [-0.15, -0.1) is 0 Å². The fourth-order valence-electron chi connectivity index (χ4n) is 2.81. The molecule has 3 aromatic rings. The zero-order valence-corrected chi connectivity index (χ0v) is 16.9. The minimum atomic E-state index is -0.377. The van der Waals surface area contributed by atoms with Crippen molar-refractivity contribution in [3.63, 3.8) is 0 Å². The van der Waals surface area contributed by atoms with Crippen molar-refractivity contribution >= 4 is 34.0 Å². The predicted molar refractivity (Wildman–Crippen MR) is 113 cm³/mol. The van der Waals surface area contributed by atoms with Crippen LogP contribution in [-0.2, 0) is 13.2 Å². The number of rotatable bonds is 7. The smallest absolute Gasteiger partial charge is 0.124 e. The van der Waals surface area contributed by atoms with Crippen LogP contribution in [0.3, 0.4) is 0 Å². The van der Waals surface area contributed by atoms with Crippen molar-refractivity contribution in [1.29, 1.82) is 0 Å². The van der Waals surface area contributed by atoms with E-state index in [1.807, 2.05) is 44.2 Å². The van der Waals surface area contributed by atoms with Crippen LogP contribution in [0.1, 0.15) is 25.0 Å². The maximum Gasteiger partial charge on any atom is 0.124 e. The van der Waals surface area contributed by atoms with E-state index in [9.17, 15) is 5.11 Å². The topological polar surface area (TPSA) is 41.5 Å². The average Bonchev–Trinajstić information content (AvgIpc) is 2.67. The number of halogens is 2. The molecule has 0 unspecified atom stereocenters. The zero-order chi connectivity index (χ0) is 19.4. The number of aliphatic hydroxyl groups is 1. The third kappa shape index (κ3) is 4.94. The molecule has 5 heteroatoms. The van der Waals surface area contributed by atoms with E-state index >= 15 is 0 Å². The van der Waals surface area contributed by atoms with Gasteiger partial charge in [0.1, 0.15) is 12.4 Å². The van der Waals surface area contributed by atoms with Gasteiger partial charge in [0.15, 0.2) is 0 Å². The summed E-state index contributed by atoms with van der Waals surface area (Å²) in [5.74, 6) is 0.806. The molecular weight excluding hydrogens is 381 g/mol. The van der Waals surface area contributed by atoms with E-state index < -0.39 is 0 Å². The molecule has 0 aromatic heterocycles. The third-order valence-corrected chi connectivity index (χ3v) is 5.25. The lowest BCUT2D eigenvalue weighted by Crippen LogP contribution is -2.42. The van der Waals surface area contributed by atoms with Gasteiger partial charge in [0.05, 0.1) is 16.7 Å². The SMILES string of the molecule is CC(C)(CO)NCc1c(OCc2ccc(Cl)c(Cl)c2)ccc2ccccc12. The van der Waals surface area contributed by atoms with Crippen molar-refractivity contribution in [2.75, 3.05) is 6.61 Å². The van der Waals surface area contributed by atoms with Crippen LogP contribution in [0.2, 0.25) is 10.0 Å². The largest absolute Gasteiger partial charge is 0.489 e. The molecule has 0 saturated carbocycles. The predicted octanol–water partition coefficient (Wildman–Crippen LogP) is 5.59. The number of fused-ring (bicyclic) bond motifs is 1. The van der Waals surface area contributed by atoms with E-state index in [-0.39, 0.29) is 12.1 Å². The van der Waals surface area contributed by atoms with Crippen LogP contribution in [0.25, 0.3) is 10.8 Å². The Morgan fingerprint density at radius 1 is 1.00 bits per heavy atom. The Morgan fingerprint density at radius 2 is 1.78 bits per heavy atom. The van der Waals surface area contributed by atoms with Crippen LogP contribution in [0.4, 0.5) is 0 Å². The van der Waals surface area contributed by atoms with Crippen molar-refractivity contribution in [2.24, 2.45) is 0 Å². The third-order valence-electron chi connectivity index (χ3n) is 4.51. The van der Waals surface area contributed by atoms with E-state index in [4.69, 9.17) is 27.9 Å². The van der Waals surface area contributed by atoms with Crippen LogP contribution in [0.5, 0.6) is 5.75 Å². The Balaban J connectivity index is 1.89. The number of hydrogen-bond donors (Lipinski definition) is 2. The van der Waals surface area contributed by atoms with Gasteiger partial charge in [-0.2, -0.15) is 0 Å². The molecule has 0 aliphatic rings. The molecule has 0 fully saturated rings. The Morgan fingerprint density at radius 3 is 2.52 bits per heavy atom. The second-order valence-corrected chi connectivity index (χ2v) is 8.01. The highest BCUT2D eigenvalue weighted by Crippen LogP contribution is 2.30. The van der Waals surface area contributed by atoms with Crippen molar-refractivity contribution in [3.8, 4) is 5.75 Å². The van der Waals surface area contributed by atoms with E-state index in [2.05, 4.69) is 23.5 Å². The Bertz CT molecular complexity index is 941. The molecule has 0 amide bonds. The van der Waals surface area contributed by atoms with E-state index in [1.54, 1.807) is 6.07 Å². The second-order valence-electron chi connectivity index (χ2n) is 7.20. The minimum absolute atomic E-state index is 0.0528. The number of nitrogens with one attached hydrogen (secondary N) is 1.